The summed E-state index contributed by atoms with van der Waals surface area (Å²) in [6.07, 6.45) is 2.02. The van der Waals surface area contributed by atoms with Crippen LogP contribution >= 0.6 is 0 Å². The van der Waals surface area contributed by atoms with Crippen molar-refractivity contribution in [3.63, 3.8) is 0 Å². The number of nitrogens with zero attached hydrogens (tertiary/aromatic N) is 1. The van der Waals surface area contributed by atoms with Gasteiger partial charge in [-0.1, -0.05) is 20.8 Å². The summed E-state index contributed by atoms with van der Waals surface area (Å²) < 4.78 is 16.8. The number of amides is 2. The molecule has 2 rings (SSSR count). The van der Waals surface area contributed by atoms with Crippen LogP contribution in [-0.2, 0) is 23.8 Å². The Morgan fingerprint density at radius 1 is 1.16 bits per heavy atom. The van der Waals surface area contributed by atoms with E-state index in [0.717, 1.165) is 32.5 Å². The maximum Gasteiger partial charge on any atom is 0.246 e. The average Bonchev–Trinajstić information content (AvgIpc) is 3.10. The van der Waals surface area contributed by atoms with E-state index in [0.29, 0.717) is 39.6 Å². The monoisotopic (exact) mass is 442 g/mol. The lowest BCUT2D eigenvalue weighted by Crippen LogP contribution is -2.59. The lowest BCUT2D eigenvalue weighted by molar-refractivity contribution is -0.142. The molecule has 0 aromatic rings. The second kappa shape index (κ2) is 12.1. The van der Waals surface area contributed by atoms with Gasteiger partial charge in [-0.05, 0) is 25.2 Å². The molecule has 2 aliphatic rings. The molecule has 180 valence electrons. The van der Waals surface area contributed by atoms with E-state index < -0.39 is 6.04 Å². The molecule has 0 aromatic carbocycles. The molecule has 2 heterocycles. The first-order valence-electron chi connectivity index (χ1n) is 11.4. The van der Waals surface area contributed by atoms with Gasteiger partial charge in [-0.15, -0.1) is 0 Å². The Kier molecular flexibility index (Phi) is 10.2. The van der Waals surface area contributed by atoms with E-state index in [1.165, 1.54) is 0 Å². The zero-order valence-electron chi connectivity index (χ0n) is 19.7. The molecule has 0 spiro atoms. The highest BCUT2D eigenvalue weighted by molar-refractivity contribution is 5.89. The molecule has 31 heavy (non-hydrogen) atoms. The molecule has 2 amide bonds. The van der Waals surface area contributed by atoms with Crippen molar-refractivity contribution < 1.29 is 23.8 Å². The summed E-state index contributed by atoms with van der Waals surface area (Å²) in [7, 11) is 0. The van der Waals surface area contributed by atoms with E-state index in [2.05, 4.69) is 17.6 Å². The van der Waals surface area contributed by atoms with Crippen LogP contribution in [0.25, 0.3) is 0 Å². The van der Waals surface area contributed by atoms with E-state index in [1.54, 1.807) is 0 Å². The van der Waals surface area contributed by atoms with Gasteiger partial charge >= 0.3 is 0 Å². The Balaban J connectivity index is 1.76. The molecule has 9 heteroatoms. The Hall–Kier alpha value is -1.26. The van der Waals surface area contributed by atoms with Gasteiger partial charge in [0.2, 0.25) is 11.8 Å². The molecular weight excluding hydrogens is 400 g/mol. The second-order valence-corrected chi connectivity index (χ2v) is 9.94. The maximum absolute atomic E-state index is 13.1. The molecular formula is C22H42N4O5. The van der Waals surface area contributed by atoms with Crippen molar-refractivity contribution in [3.05, 3.63) is 0 Å². The molecule has 4 N–H and O–H groups in total. The summed E-state index contributed by atoms with van der Waals surface area (Å²) in [5.41, 5.74) is 4.88. The molecule has 0 radical (unpaired) electrons. The van der Waals surface area contributed by atoms with E-state index in [1.807, 2.05) is 25.7 Å². The number of rotatable bonds is 13. The quantitative estimate of drug-likeness (QED) is 0.347. The fraction of sp³-hybridized carbons (Fsp3) is 0.909. The summed E-state index contributed by atoms with van der Waals surface area (Å²) in [6, 6.07) is -0.350. The molecule has 2 atom stereocenters. The highest BCUT2D eigenvalue weighted by Gasteiger charge is 2.40. The highest BCUT2D eigenvalue weighted by atomic mass is 16.5. The average molecular weight is 443 g/mol. The third kappa shape index (κ3) is 7.98. The molecule has 0 saturated carbocycles. The smallest absolute Gasteiger partial charge is 0.246 e. The number of ether oxygens (including phenoxy) is 3. The van der Waals surface area contributed by atoms with Crippen LogP contribution in [-0.4, -0.2) is 94.6 Å². The topological polar surface area (TPSA) is 115 Å². The van der Waals surface area contributed by atoms with Crippen molar-refractivity contribution in [2.75, 3.05) is 65.8 Å². The number of hydrogen-bond acceptors (Lipinski definition) is 7. The van der Waals surface area contributed by atoms with Crippen LogP contribution in [0.4, 0.5) is 0 Å². The lowest BCUT2D eigenvalue weighted by atomic mass is 9.83. The summed E-state index contributed by atoms with van der Waals surface area (Å²) >= 11 is 0. The first-order chi connectivity index (χ1) is 14.7. The fourth-order valence-electron chi connectivity index (χ4n) is 3.95. The third-order valence-corrected chi connectivity index (χ3v) is 5.94. The third-order valence-electron chi connectivity index (χ3n) is 5.94. The van der Waals surface area contributed by atoms with Gasteiger partial charge in [0.05, 0.1) is 33.0 Å². The van der Waals surface area contributed by atoms with Gasteiger partial charge in [-0.3, -0.25) is 9.59 Å². The van der Waals surface area contributed by atoms with Gasteiger partial charge in [0.25, 0.3) is 0 Å². The van der Waals surface area contributed by atoms with Crippen LogP contribution < -0.4 is 16.4 Å². The molecule has 2 saturated heterocycles. The zero-order valence-corrected chi connectivity index (χ0v) is 19.7. The van der Waals surface area contributed by atoms with Gasteiger partial charge in [0.15, 0.2) is 0 Å². The van der Waals surface area contributed by atoms with Crippen molar-refractivity contribution >= 4 is 11.8 Å². The maximum atomic E-state index is 13.1. The highest BCUT2D eigenvalue weighted by Crippen LogP contribution is 2.26. The largest absolute Gasteiger partial charge is 0.378 e. The van der Waals surface area contributed by atoms with Crippen LogP contribution in [0.3, 0.4) is 0 Å². The number of carbonyl (C=O) groups excluding carboxylic acids is 2. The standard InChI is InChI=1S/C22H42N4O5/c1-17-6-5-8-26(17)20(28)19(21(2,3)4)25-18(27)12-31-16-22(13-24-14-22)15-30-11-10-29-9-7-23/h17,19,24H,5-16,23H2,1-4H3,(H,25,27). The summed E-state index contributed by atoms with van der Waals surface area (Å²) in [5, 5.41) is 6.16. The molecule has 9 nitrogen and oxygen atoms in total. The predicted molar refractivity (Wildman–Crippen MR) is 119 cm³/mol. The molecule has 0 aromatic heterocycles. The van der Waals surface area contributed by atoms with Crippen LogP contribution in [0.15, 0.2) is 0 Å². The zero-order chi connectivity index (χ0) is 22.9. The van der Waals surface area contributed by atoms with Crippen LogP contribution in [0.2, 0.25) is 0 Å². The number of nitrogens with two attached hydrogens (primary N) is 1. The molecule has 0 bridgehead atoms. The van der Waals surface area contributed by atoms with Crippen molar-refractivity contribution in [1.82, 2.24) is 15.5 Å². The summed E-state index contributed by atoms with van der Waals surface area (Å²) in [4.78, 5) is 27.5. The normalized spacial score (nSPS) is 21.6. The molecule has 2 aliphatic heterocycles. The van der Waals surface area contributed by atoms with Crippen LogP contribution in [0, 0.1) is 10.8 Å². The minimum atomic E-state index is -0.569. The van der Waals surface area contributed by atoms with E-state index in [4.69, 9.17) is 19.9 Å². The molecule has 2 unspecified atom stereocenters. The minimum Gasteiger partial charge on any atom is -0.378 e. The summed E-state index contributed by atoms with van der Waals surface area (Å²) in [5.74, 6) is -0.269. The Labute approximate surface area is 186 Å². The van der Waals surface area contributed by atoms with Gasteiger partial charge in [0, 0.05) is 37.6 Å². The first-order valence-corrected chi connectivity index (χ1v) is 11.4. The van der Waals surface area contributed by atoms with Crippen molar-refractivity contribution in [3.8, 4) is 0 Å². The lowest BCUT2D eigenvalue weighted by Gasteiger charge is -2.42. The van der Waals surface area contributed by atoms with Crippen molar-refractivity contribution in [1.29, 1.82) is 0 Å². The Bertz CT molecular complexity index is 577. The van der Waals surface area contributed by atoms with Gasteiger partial charge < -0.3 is 35.5 Å². The first kappa shape index (κ1) is 26.0. The van der Waals surface area contributed by atoms with Gasteiger partial charge in [-0.2, -0.15) is 0 Å². The van der Waals surface area contributed by atoms with Crippen molar-refractivity contribution in [2.45, 2.75) is 52.6 Å². The van der Waals surface area contributed by atoms with E-state index in [-0.39, 0.29) is 35.3 Å². The number of nitrogens with one attached hydrogen (secondary N) is 2. The van der Waals surface area contributed by atoms with Gasteiger partial charge in [0.1, 0.15) is 12.6 Å². The Morgan fingerprint density at radius 3 is 2.39 bits per heavy atom. The Morgan fingerprint density at radius 2 is 1.84 bits per heavy atom. The predicted octanol–water partition coefficient (Wildman–Crippen LogP) is 0.126. The van der Waals surface area contributed by atoms with E-state index in [9.17, 15) is 9.59 Å². The molecule has 0 aliphatic carbocycles. The minimum absolute atomic E-state index is 0.00392. The van der Waals surface area contributed by atoms with E-state index >= 15 is 0 Å². The van der Waals surface area contributed by atoms with Gasteiger partial charge in [-0.25, -0.2) is 0 Å². The fourth-order valence-corrected chi connectivity index (χ4v) is 3.95. The van der Waals surface area contributed by atoms with Crippen LogP contribution in [0.1, 0.15) is 40.5 Å². The molecule has 2 fully saturated rings. The van der Waals surface area contributed by atoms with Crippen molar-refractivity contribution in [2.24, 2.45) is 16.6 Å². The summed E-state index contributed by atoms with van der Waals surface area (Å²) in [6.45, 7) is 13.3. The number of carbonyl (C=O) groups is 2. The number of likely N-dealkylation sites (tertiary alicyclic amines) is 1. The SMILES string of the molecule is CC1CCCN1C(=O)C(NC(=O)COCC1(COCCOCCN)CNC1)C(C)(C)C. The number of hydrogen-bond donors (Lipinski definition) is 3. The second-order valence-electron chi connectivity index (χ2n) is 9.94. The van der Waals surface area contributed by atoms with Crippen LogP contribution in [0.5, 0.6) is 0 Å².